The van der Waals surface area contributed by atoms with Crippen LogP contribution in [-0.2, 0) is 20.8 Å². The third-order valence-corrected chi connectivity index (χ3v) is 5.81. The van der Waals surface area contributed by atoms with Crippen molar-refractivity contribution in [2.24, 2.45) is 17.4 Å². The van der Waals surface area contributed by atoms with E-state index < -0.39 is 35.9 Å². The summed E-state index contributed by atoms with van der Waals surface area (Å²) in [5.41, 5.74) is 13.5. The predicted molar refractivity (Wildman–Crippen MR) is 124 cm³/mol. The molecule has 0 spiro atoms. The molecule has 1 aromatic heterocycles. The van der Waals surface area contributed by atoms with Crippen molar-refractivity contribution in [3.05, 3.63) is 36.0 Å². The molecule has 1 aromatic carbocycles. The second-order valence-corrected chi connectivity index (χ2v) is 8.23. The number of aliphatic carboxylic acids is 1. The molecule has 0 unspecified atom stereocenters. The summed E-state index contributed by atoms with van der Waals surface area (Å²) < 4.78 is 0. The predicted octanol–water partition coefficient (Wildman–Crippen LogP) is 1.27. The molecule has 176 valence electrons. The summed E-state index contributed by atoms with van der Waals surface area (Å²) in [5, 5.41) is 15.7. The Morgan fingerprint density at radius 2 is 1.84 bits per heavy atom. The van der Waals surface area contributed by atoms with Gasteiger partial charge in [-0.15, -0.1) is 0 Å². The minimum Gasteiger partial charge on any atom is -0.480 e. The smallest absolute Gasteiger partial charge is 0.326 e. The van der Waals surface area contributed by atoms with E-state index in [2.05, 4.69) is 15.6 Å². The molecule has 2 aromatic rings. The number of rotatable bonds is 13. The van der Waals surface area contributed by atoms with Crippen molar-refractivity contribution in [1.82, 2.24) is 15.6 Å². The maximum Gasteiger partial charge on any atom is 0.326 e. The molecule has 8 N–H and O–H groups in total. The van der Waals surface area contributed by atoms with E-state index in [0.29, 0.717) is 32.2 Å². The number of carbonyl (C=O) groups excluding carboxylic acids is 2. The van der Waals surface area contributed by atoms with Gasteiger partial charge in [-0.05, 0) is 49.8 Å². The molecule has 0 saturated heterocycles. The highest BCUT2D eigenvalue weighted by Crippen LogP contribution is 2.19. The Bertz CT molecular complexity index is 913. The topological polar surface area (TPSA) is 163 Å². The molecule has 0 fully saturated rings. The van der Waals surface area contributed by atoms with Crippen molar-refractivity contribution in [2.45, 2.75) is 64.1 Å². The van der Waals surface area contributed by atoms with Crippen LogP contribution in [0.1, 0.15) is 45.1 Å². The van der Waals surface area contributed by atoms with Crippen LogP contribution in [0.5, 0.6) is 0 Å². The molecule has 0 saturated carbocycles. The number of fused-ring (bicyclic) bond motifs is 1. The van der Waals surface area contributed by atoms with E-state index in [4.69, 9.17) is 11.5 Å². The first kappa shape index (κ1) is 25.4. The van der Waals surface area contributed by atoms with Gasteiger partial charge in [-0.25, -0.2) is 4.79 Å². The van der Waals surface area contributed by atoms with E-state index >= 15 is 0 Å². The van der Waals surface area contributed by atoms with Crippen LogP contribution in [0, 0.1) is 5.92 Å². The van der Waals surface area contributed by atoms with Crippen LogP contribution in [-0.4, -0.2) is 52.5 Å². The number of nitrogens with two attached hydrogens (primary N) is 2. The molecule has 0 radical (unpaired) electrons. The number of para-hydroxylation sites is 1. The molecule has 0 aliphatic carbocycles. The summed E-state index contributed by atoms with van der Waals surface area (Å²) in [5.74, 6) is -2.28. The molecule has 2 amide bonds. The second kappa shape index (κ2) is 12.2. The quantitative estimate of drug-likeness (QED) is 0.254. The fourth-order valence-corrected chi connectivity index (χ4v) is 3.60. The Hall–Kier alpha value is -2.91. The molecule has 1 heterocycles. The molecule has 2 rings (SSSR count). The fraction of sp³-hybridized carbons (Fsp3) is 0.522. The molecular weight excluding hydrogens is 410 g/mol. The van der Waals surface area contributed by atoms with Crippen molar-refractivity contribution in [1.29, 1.82) is 0 Å². The fourth-order valence-electron chi connectivity index (χ4n) is 3.60. The number of aromatic amines is 1. The first-order valence-corrected chi connectivity index (χ1v) is 11.1. The third-order valence-electron chi connectivity index (χ3n) is 5.81. The maximum atomic E-state index is 12.9. The van der Waals surface area contributed by atoms with Crippen LogP contribution in [0.3, 0.4) is 0 Å². The van der Waals surface area contributed by atoms with Crippen molar-refractivity contribution in [3.8, 4) is 0 Å². The van der Waals surface area contributed by atoms with Crippen LogP contribution >= 0.6 is 0 Å². The largest absolute Gasteiger partial charge is 0.480 e. The highest BCUT2D eigenvalue weighted by atomic mass is 16.4. The zero-order valence-corrected chi connectivity index (χ0v) is 18.8. The lowest BCUT2D eigenvalue weighted by atomic mass is 9.96. The monoisotopic (exact) mass is 445 g/mol. The van der Waals surface area contributed by atoms with Gasteiger partial charge in [-0.1, -0.05) is 38.5 Å². The third kappa shape index (κ3) is 6.80. The highest BCUT2D eigenvalue weighted by Gasteiger charge is 2.31. The number of carboxylic acids is 1. The normalized spacial score (nSPS) is 15.0. The Morgan fingerprint density at radius 3 is 2.50 bits per heavy atom. The molecule has 0 bridgehead atoms. The number of hydrogen-bond acceptors (Lipinski definition) is 5. The number of nitrogens with one attached hydrogen (secondary N) is 3. The summed E-state index contributed by atoms with van der Waals surface area (Å²) in [6, 6.07) is 4.98. The van der Waals surface area contributed by atoms with Crippen LogP contribution in [0.4, 0.5) is 0 Å². The average Bonchev–Trinajstić information content (AvgIpc) is 3.18. The number of aromatic nitrogens is 1. The Labute approximate surface area is 188 Å². The van der Waals surface area contributed by atoms with Gasteiger partial charge in [-0.3, -0.25) is 9.59 Å². The molecular formula is C23H35N5O4. The molecule has 0 aliphatic rings. The molecule has 4 atom stereocenters. The number of hydrogen-bond donors (Lipinski definition) is 6. The number of unbranched alkanes of at least 4 members (excludes halogenated alkanes) is 1. The summed E-state index contributed by atoms with van der Waals surface area (Å²) in [6.07, 6.45) is 4.30. The van der Waals surface area contributed by atoms with E-state index in [1.807, 2.05) is 44.3 Å². The minimum absolute atomic E-state index is 0.197. The number of carbonyl (C=O) groups is 3. The second-order valence-electron chi connectivity index (χ2n) is 8.23. The summed E-state index contributed by atoms with van der Waals surface area (Å²) in [6.45, 7) is 4.19. The van der Waals surface area contributed by atoms with Crippen molar-refractivity contribution in [3.63, 3.8) is 0 Å². The first-order valence-electron chi connectivity index (χ1n) is 11.1. The van der Waals surface area contributed by atoms with Crippen molar-refractivity contribution >= 4 is 28.7 Å². The van der Waals surface area contributed by atoms with Gasteiger partial charge in [0.2, 0.25) is 11.8 Å². The lowest BCUT2D eigenvalue weighted by molar-refractivity contribution is -0.142. The van der Waals surface area contributed by atoms with Gasteiger partial charge >= 0.3 is 5.97 Å². The van der Waals surface area contributed by atoms with Gasteiger partial charge in [0.15, 0.2) is 0 Å². The maximum absolute atomic E-state index is 12.9. The van der Waals surface area contributed by atoms with Gasteiger partial charge in [0.1, 0.15) is 12.1 Å². The summed E-state index contributed by atoms with van der Waals surface area (Å²) in [7, 11) is 0. The molecule has 32 heavy (non-hydrogen) atoms. The van der Waals surface area contributed by atoms with E-state index in [1.54, 1.807) is 0 Å². The van der Waals surface area contributed by atoms with Gasteiger partial charge < -0.3 is 32.2 Å². The van der Waals surface area contributed by atoms with Crippen LogP contribution in [0.2, 0.25) is 0 Å². The van der Waals surface area contributed by atoms with Crippen molar-refractivity contribution in [2.75, 3.05) is 6.54 Å². The Balaban J connectivity index is 2.05. The molecule has 9 nitrogen and oxygen atoms in total. The minimum atomic E-state index is -1.11. The highest BCUT2D eigenvalue weighted by molar-refractivity contribution is 5.92. The summed E-state index contributed by atoms with van der Waals surface area (Å²) in [4.78, 5) is 40.4. The number of amides is 2. The Morgan fingerprint density at radius 1 is 1.12 bits per heavy atom. The lowest BCUT2D eigenvalue weighted by Crippen LogP contribution is -2.56. The Kier molecular flexibility index (Phi) is 9.67. The van der Waals surface area contributed by atoms with E-state index in [0.717, 1.165) is 16.5 Å². The zero-order chi connectivity index (χ0) is 23.7. The van der Waals surface area contributed by atoms with Gasteiger partial charge in [0, 0.05) is 17.1 Å². The first-order chi connectivity index (χ1) is 15.3. The SMILES string of the molecule is CC[C@H](C)[C@H](NC(=O)[C@@H](N)Cc1c[nH]c2ccccc12)C(=O)N[C@@H](CCCCN)C(=O)O. The van der Waals surface area contributed by atoms with Crippen LogP contribution in [0.15, 0.2) is 30.5 Å². The lowest BCUT2D eigenvalue weighted by Gasteiger charge is -2.26. The zero-order valence-electron chi connectivity index (χ0n) is 18.8. The molecule has 9 heteroatoms. The van der Waals surface area contributed by atoms with Gasteiger partial charge in [0.25, 0.3) is 0 Å². The van der Waals surface area contributed by atoms with Gasteiger partial charge in [0.05, 0.1) is 6.04 Å². The number of carboxylic acid groups (broad SMARTS) is 1. The molecule has 0 aliphatic heterocycles. The standard InChI is InChI=1S/C23H35N5O4/c1-3-14(2)20(22(30)27-19(23(31)32)10-6-7-11-24)28-21(29)17(25)12-15-13-26-18-9-5-4-8-16(15)18/h4-5,8-9,13-14,17,19-20,26H,3,6-7,10-12,24-25H2,1-2H3,(H,27,30)(H,28,29)(H,31,32)/t14-,17-,19-,20-/m0/s1. The summed E-state index contributed by atoms with van der Waals surface area (Å²) >= 11 is 0. The number of benzene rings is 1. The average molecular weight is 446 g/mol. The van der Waals surface area contributed by atoms with Gasteiger partial charge in [-0.2, -0.15) is 0 Å². The van der Waals surface area contributed by atoms with Crippen LogP contribution < -0.4 is 22.1 Å². The number of H-pyrrole nitrogens is 1. The van der Waals surface area contributed by atoms with E-state index in [-0.39, 0.29) is 12.3 Å². The van der Waals surface area contributed by atoms with E-state index in [9.17, 15) is 19.5 Å². The van der Waals surface area contributed by atoms with Crippen molar-refractivity contribution < 1.29 is 19.5 Å². The van der Waals surface area contributed by atoms with E-state index in [1.165, 1.54) is 0 Å². The van der Waals surface area contributed by atoms with Crippen LogP contribution in [0.25, 0.3) is 10.9 Å².